The third-order valence-corrected chi connectivity index (χ3v) is 3.87. The third kappa shape index (κ3) is 2.87. The first-order valence-electron chi connectivity index (χ1n) is 7.13. The molecule has 2 aliphatic rings. The van der Waals surface area contributed by atoms with Gasteiger partial charge in [-0.25, -0.2) is 0 Å². The molecular formula is C16H21N3. The lowest BCUT2D eigenvalue weighted by Crippen LogP contribution is -2.31. The molecule has 0 bridgehead atoms. The number of allylic oxidation sites excluding steroid dienone is 2. The SMILES string of the molecule is NC(C1=NCCN1)c1cccc(CC2=CCCC2)c1. The topological polar surface area (TPSA) is 50.4 Å². The van der Waals surface area contributed by atoms with Crippen LogP contribution in [-0.2, 0) is 6.42 Å². The molecule has 0 aromatic heterocycles. The second kappa shape index (κ2) is 5.57. The summed E-state index contributed by atoms with van der Waals surface area (Å²) in [6.07, 6.45) is 7.27. The van der Waals surface area contributed by atoms with Gasteiger partial charge in [-0.05, 0) is 36.8 Å². The lowest BCUT2D eigenvalue weighted by atomic mass is 9.99. The summed E-state index contributed by atoms with van der Waals surface area (Å²) in [6.45, 7) is 1.76. The number of benzene rings is 1. The second-order valence-electron chi connectivity index (χ2n) is 5.35. The van der Waals surface area contributed by atoms with Gasteiger partial charge in [0, 0.05) is 6.54 Å². The number of hydrogen-bond donors (Lipinski definition) is 2. The van der Waals surface area contributed by atoms with Gasteiger partial charge in [0.25, 0.3) is 0 Å². The first-order chi connectivity index (χ1) is 9.33. The predicted octanol–water partition coefficient (Wildman–Crippen LogP) is 2.34. The fraction of sp³-hybridized carbons (Fsp3) is 0.438. The number of aliphatic imine (C=N–C) groups is 1. The molecule has 3 heteroatoms. The molecule has 1 heterocycles. The van der Waals surface area contributed by atoms with E-state index in [0.717, 1.165) is 30.9 Å². The number of hydrogen-bond acceptors (Lipinski definition) is 3. The first kappa shape index (κ1) is 12.4. The fourth-order valence-corrected chi connectivity index (χ4v) is 2.84. The maximum atomic E-state index is 6.27. The maximum Gasteiger partial charge on any atom is 0.118 e. The van der Waals surface area contributed by atoms with E-state index in [0.29, 0.717) is 0 Å². The lowest BCUT2D eigenvalue weighted by Gasteiger charge is -2.14. The van der Waals surface area contributed by atoms with Gasteiger partial charge in [0.2, 0.25) is 0 Å². The van der Waals surface area contributed by atoms with Crippen molar-refractivity contribution in [1.29, 1.82) is 0 Å². The minimum atomic E-state index is -0.111. The van der Waals surface area contributed by atoms with Crippen molar-refractivity contribution in [3.05, 3.63) is 47.0 Å². The molecule has 0 fully saturated rings. The predicted molar refractivity (Wildman–Crippen MR) is 79.3 cm³/mol. The highest BCUT2D eigenvalue weighted by molar-refractivity contribution is 5.89. The second-order valence-corrected chi connectivity index (χ2v) is 5.35. The highest BCUT2D eigenvalue weighted by Gasteiger charge is 2.16. The van der Waals surface area contributed by atoms with Crippen LogP contribution in [0.4, 0.5) is 0 Å². The molecule has 1 aromatic rings. The Bertz CT molecular complexity index is 516. The van der Waals surface area contributed by atoms with Crippen LogP contribution in [0.2, 0.25) is 0 Å². The molecular weight excluding hydrogens is 234 g/mol. The summed E-state index contributed by atoms with van der Waals surface area (Å²) < 4.78 is 0. The highest BCUT2D eigenvalue weighted by atomic mass is 15.1. The Hall–Kier alpha value is -1.61. The van der Waals surface area contributed by atoms with Crippen LogP contribution in [0.1, 0.15) is 36.4 Å². The van der Waals surface area contributed by atoms with Crippen molar-refractivity contribution in [3.63, 3.8) is 0 Å². The molecule has 1 aromatic carbocycles. The van der Waals surface area contributed by atoms with Gasteiger partial charge in [0.05, 0.1) is 12.6 Å². The molecule has 1 atom stereocenters. The van der Waals surface area contributed by atoms with Crippen molar-refractivity contribution in [3.8, 4) is 0 Å². The molecule has 3 rings (SSSR count). The van der Waals surface area contributed by atoms with Crippen LogP contribution in [0.5, 0.6) is 0 Å². The fourth-order valence-electron chi connectivity index (χ4n) is 2.84. The summed E-state index contributed by atoms with van der Waals surface area (Å²) in [5, 5.41) is 3.26. The van der Waals surface area contributed by atoms with Crippen LogP contribution in [-0.4, -0.2) is 18.9 Å². The normalized spacial score (nSPS) is 19.8. The van der Waals surface area contributed by atoms with Gasteiger partial charge in [0.1, 0.15) is 5.84 Å². The summed E-state index contributed by atoms with van der Waals surface area (Å²) in [6, 6.07) is 8.51. The van der Waals surface area contributed by atoms with Gasteiger partial charge in [0.15, 0.2) is 0 Å². The quantitative estimate of drug-likeness (QED) is 0.811. The van der Waals surface area contributed by atoms with Crippen molar-refractivity contribution >= 4 is 5.84 Å². The van der Waals surface area contributed by atoms with E-state index in [1.165, 1.54) is 24.8 Å². The van der Waals surface area contributed by atoms with Crippen LogP contribution >= 0.6 is 0 Å². The van der Waals surface area contributed by atoms with Crippen molar-refractivity contribution in [2.75, 3.05) is 13.1 Å². The molecule has 1 aliphatic heterocycles. The molecule has 19 heavy (non-hydrogen) atoms. The molecule has 1 unspecified atom stereocenters. The molecule has 100 valence electrons. The van der Waals surface area contributed by atoms with Gasteiger partial charge in [-0.1, -0.05) is 35.9 Å². The Morgan fingerprint density at radius 1 is 1.37 bits per heavy atom. The summed E-state index contributed by atoms with van der Waals surface area (Å²) in [5.41, 5.74) is 10.4. The Balaban J connectivity index is 1.75. The van der Waals surface area contributed by atoms with Crippen LogP contribution in [0.3, 0.4) is 0 Å². The molecule has 0 saturated heterocycles. The largest absolute Gasteiger partial charge is 0.370 e. The summed E-state index contributed by atoms with van der Waals surface area (Å²) in [5.74, 6) is 0.928. The van der Waals surface area contributed by atoms with Crippen LogP contribution in [0.25, 0.3) is 0 Å². The zero-order chi connectivity index (χ0) is 13.1. The van der Waals surface area contributed by atoms with E-state index in [-0.39, 0.29) is 6.04 Å². The Morgan fingerprint density at radius 3 is 3.05 bits per heavy atom. The molecule has 3 nitrogen and oxygen atoms in total. The van der Waals surface area contributed by atoms with Crippen LogP contribution in [0.15, 0.2) is 40.9 Å². The Morgan fingerprint density at radius 2 is 2.32 bits per heavy atom. The molecule has 3 N–H and O–H groups in total. The van der Waals surface area contributed by atoms with Gasteiger partial charge in [-0.2, -0.15) is 0 Å². The van der Waals surface area contributed by atoms with E-state index in [1.807, 2.05) is 0 Å². The molecule has 0 amide bonds. The van der Waals surface area contributed by atoms with Crippen LogP contribution in [0, 0.1) is 0 Å². The van der Waals surface area contributed by atoms with Gasteiger partial charge in [-0.3, -0.25) is 4.99 Å². The zero-order valence-corrected chi connectivity index (χ0v) is 11.2. The lowest BCUT2D eigenvalue weighted by molar-refractivity contribution is 0.879. The summed E-state index contributed by atoms with van der Waals surface area (Å²) in [7, 11) is 0. The van der Waals surface area contributed by atoms with Crippen LogP contribution < -0.4 is 11.1 Å². The van der Waals surface area contributed by atoms with Gasteiger partial charge < -0.3 is 11.1 Å². The summed E-state index contributed by atoms with van der Waals surface area (Å²) in [4.78, 5) is 4.41. The first-order valence-corrected chi connectivity index (χ1v) is 7.13. The van der Waals surface area contributed by atoms with Crippen molar-refractivity contribution in [2.45, 2.75) is 31.7 Å². The van der Waals surface area contributed by atoms with Gasteiger partial charge in [-0.15, -0.1) is 0 Å². The minimum Gasteiger partial charge on any atom is -0.370 e. The van der Waals surface area contributed by atoms with Crippen molar-refractivity contribution in [2.24, 2.45) is 10.7 Å². The maximum absolute atomic E-state index is 6.27. The summed E-state index contributed by atoms with van der Waals surface area (Å²) >= 11 is 0. The van der Waals surface area contributed by atoms with Crippen molar-refractivity contribution < 1.29 is 0 Å². The van der Waals surface area contributed by atoms with E-state index in [2.05, 4.69) is 40.7 Å². The number of rotatable bonds is 4. The highest BCUT2D eigenvalue weighted by Crippen LogP contribution is 2.23. The molecule has 0 spiro atoms. The van der Waals surface area contributed by atoms with E-state index >= 15 is 0 Å². The zero-order valence-electron chi connectivity index (χ0n) is 11.2. The average Bonchev–Trinajstić information content (AvgIpc) is 3.11. The monoisotopic (exact) mass is 255 g/mol. The number of nitrogens with zero attached hydrogens (tertiary/aromatic N) is 1. The third-order valence-electron chi connectivity index (χ3n) is 3.87. The smallest absolute Gasteiger partial charge is 0.118 e. The standard InChI is InChI=1S/C16H21N3/c17-15(16-18-8-9-19-16)14-7-3-6-13(11-14)10-12-4-1-2-5-12/h3-4,6-7,11,15H,1-2,5,8-10,17H2,(H,18,19). The minimum absolute atomic E-state index is 0.111. The number of amidine groups is 1. The van der Waals surface area contributed by atoms with Gasteiger partial charge >= 0.3 is 0 Å². The van der Waals surface area contributed by atoms with E-state index in [1.54, 1.807) is 5.57 Å². The van der Waals surface area contributed by atoms with E-state index in [9.17, 15) is 0 Å². The number of nitrogens with two attached hydrogens (primary N) is 1. The molecule has 0 saturated carbocycles. The molecule has 1 aliphatic carbocycles. The Labute approximate surface area is 114 Å². The van der Waals surface area contributed by atoms with E-state index < -0.39 is 0 Å². The van der Waals surface area contributed by atoms with E-state index in [4.69, 9.17) is 5.73 Å². The number of nitrogens with one attached hydrogen (secondary N) is 1. The Kier molecular flexibility index (Phi) is 3.65. The molecule has 0 radical (unpaired) electrons. The average molecular weight is 255 g/mol. The van der Waals surface area contributed by atoms with Crippen molar-refractivity contribution in [1.82, 2.24) is 5.32 Å².